The number of carbonyl (C=O) groups excluding carboxylic acids is 1. The fourth-order valence-electron chi connectivity index (χ4n) is 1.49. The number of nitrogens with zero attached hydrogens (tertiary/aromatic N) is 2. The average Bonchev–Trinajstić information content (AvgIpc) is 2.75. The monoisotopic (exact) mass is 315 g/mol. The van der Waals surface area contributed by atoms with Gasteiger partial charge in [-0.2, -0.15) is 4.98 Å². The Bertz CT molecular complexity index is 724. The third kappa shape index (κ3) is 3.78. The summed E-state index contributed by atoms with van der Waals surface area (Å²) in [4.78, 5) is 14.6. The molecule has 0 aliphatic carbocycles. The van der Waals surface area contributed by atoms with Crippen LogP contribution in [0, 0.1) is 0 Å². The lowest BCUT2D eigenvalue weighted by Gasteiger charge is -1.96. The molecule has 7 nitrogen and oxygen atoms in total. The van der Waals surface area contributed by atoms with E-state index in [1.54, 1.807) is 24.3 Å². The Hall–Kier alpha value is -1.93. The third-order valence-electron chi connectivity index (χ3n) is 2.28. The summed E-state index contributed by atoms with van der Waals surface area (Å²) >= 11 is 5.75. The summed E-state index contributed by atoms with van der Waals surface area (Å²) in [6, 6.07) is 6.65. The molecule has 0 bridgehead atoms. The molecule has 1 aromatic heterocycles. The molecule has 1 heterocycles. The van der Waals surface area contributed by atoms with Gasteiger partial charge in [-0.05, 0) is 24.3 Å². The van der Waals surface area contributed by atoms with Gasteiger partial charge >= 0.3 is 0 Å². The summed E-state index contributed by atoms with van der Waals surface area (Å²) in [7, 11) is -3.70. The van der Waals surface area contributed by atoms with E-state index in [1.165, 1.54) is 0 Å². The van der Waals surface area contributed by atoms with Crippen LogP contribution in [0.1, 0.15) is 5.89 Å². The van der Waals surface area contributed by atoms with Crippen molar-refractivity contribution >= 4 is 27.3 Å². The molecule has 0 atom stereocenters. The van der Waals surface area contributed by atoms with E-state index in [2.05, 4.69) is 10.1 Å². The van der Waals surface area contributed by atoms with E-state index in [1.807, 2.05) is 0 Å². The highest BCUT2D eigenvalue weighted by Crippen LogP contribution is 2.19. The van der Waals surface area contributed by atoms with Crippen molar-refractivity contribution in [3.8, 4) is 11.4 Å². The first kappa shape index (κ1) is 14.5. The number of primary amides is 1. The largest absolute Gasteiger partial charge is 0.369 e. The van der Waals surface area contributed by atoms with E-state index in [-0.39, 0.29) is 11.7 Å². The van der Waals surface area contributed by atoms with Gasteiger partial charge in [-0.1, -0.05) is 16.8 Å². The molecule has 0 aliphatic heterocycles. The molecule has 2 N–H and O–H groups in total. The third-order valence-corrected chi connectivity index (χ3v) is 3.94. The minimum atomic E-state index is -3.70. The van der Waals surface area contributed by atoms with Crippen LogP contribution in [0.2, 0.25) is 5.02 Å². The van der Waals surface area contributed by atoms with E-state index in [0.717, 1.165) is 0 Å². The van der Waals surface area contributed by atoms with Gasteiger partial charge < -0.3 is 10.3 Å². The van der Waals surface area contributed by atoms with Crippen LogP contribution in [0.3, 0.4) is 0 Å². The van der Waals surface area contributed by atoms with Crippen molar-refractivity contribution in [1.29, 1.82) is 0 Å². The number of hydrogen-bond acceptors (Lipinski definition) is 6. The predicted octanol–water partition coefficient (Wildman–Crippen LogP) is 0.790. The van der Waals surface area contributed by atoms with Crippen molar-refractivity contribution in [3.05, 3.63) is 35.2 Å². The summed E-state index contributed by atoms with van der Waals surface area (Å²) in [5.41, 5.74) is 5.48. The van der Waals surface area contributed by atoms with Crippen LogP contribution in [0.15, 0.2) is 28.8 Å². The van der Waals surface area contributed by atoms with Gasteiger partial charge in [-0.3, -0.25) is 4.79 Å². The van der Waals surface area contributed by atoms with Crippen LogP contribution in [-0.2, 0) is 20.4 Å². The molecule has 2 rings (SSSR count). The second-order valence-corrected chi connectivity index (χ2v) is 6.52. The van der Waals surface area contributed by atoms with Crippen LogP contribution < -0.4 is 5.73 Å². The highest BCUT2D eigenvalue weighted by Gasteiger charge is 2.20. The van der Waals surface area contributed by atoms with Crippen LogP contribution in [0.4, 0.5) is 0 Å². The molecule has 9 heteroatoms. The van der Waals surface area contributed by atoms with Gasteiger partial charge in [0.05, 0.1) is 0 Å². The summed E-state index contributed by atoms with van der Waals surface area (Å²) in [6.07, 6.45) is 0. The van der Waals surface area contributed by atoms with Gasteiger partial charge in [-0.25, -0.2) is 8.42 Å². The predicted molar refractivity (Wildman–Crippen MR) is 71.4 cm³/mol. The first-order valence-electron chi connectivity index (χ1n) is 5.43. The van der Waals surface area contributed by atoms with Gasteiger partial charge in [0.2, 0.25) is 17.6 Å². The average molecular weight is 316 g/mol. The number of rotatable bonds is 5. The molecule has 0 radical (unpaired) electrons. The molecule has 0 saturated heterocycles. The second kappa shape index (κ2) is 5.59. The van der Waals surface area contributed by atoms with E-state index >= 15 is 0 Å². The number of aromatic nitrogens is 2. The lowest BCUT2D eigenvalue weighted by molar-refractivity contribution is -0.115. The Kier molecular flexibility index (Phi) is 4.05. The van der Waals surface area contributed by atoms with Gasteiger partial charge in [0.1, 0.15) is 11.5 Å². The lowest BCUT2D eigenvalue weighted by Crippen LogP contribution is -2.24. The molecule has 0 saturated carbocycles. The molecule has 1 amide bonds. The lowest BCUT2D eigenvalue weighted by atomic mass is 10.2. The fourth-order valence-corrected chi connectivity index (χ4v) is 2.64. The minimum absolute atomic E-state index is 0.101. The fraction of sp³-hybridized carbons (Fsp3) is 0.182. The molecule has 0 fully saturated rings. The van der Waals surface area contributed by atoms with E-state index in [4.69, 9.17) is 21.9 Å². The van der Waals surface area contributed by atoms with Crippen molar-refractivity contribution in [2.24, 2.45) is 5.73 Å². The number of benzene rings is 1. The molecule has 1 aromatic carbocycles. The van der Waals surface area contributed by atoms with Crippen molar-refractivity contribution in [1.82, 2.24) is 10.1 Å². The first-order chi connectivity index (χ1) is 9.35. The summed E-state index contributed by atoms with van der Waals surface area (Å²) < 4.78 is 28.0. The first-order valence-corrected chi connectivity index (χ1v) is 7.63. The summed E-state index contributed by atoms with van der Waals surface area (Å²) in [5.74, 6) is -2.08. The number of nitrogens with two attached hydrogens (primary N) is 1. The van der Waals surface area contributed by atoms with Gasteiger partial charge in [-0.15, -0.1) is 0 Å². The van der Waals surface area contributed by atoms with Crippen molar-refractivity contribution in [2.45, 2.75) is 5.75 Å². The summed E-state index contributed by atoms with van der Waals surface area (Å²) in [6.45, 7) is 0. The van der Waals surface area contributed by atoms with Crippen LogP contribution in [-0.4, -0.2) is 30.2 Å². The number of hydrogen-bond donors (Lipinski definition) is 1. The molecule has 2 aromatic rings. The molecular formula is C11H10ClN3O4S. The Morgan fingerprint density at radius 1 is 1.30 bits per heavy atom. The maximum atomic E-state index is 11.6. The smallest absolute Gasteiger partial charge is 0.242 e. The van der Waals surface area contributed by atoms with E-state index < -0.39 is 27.3 Å². The maximum Gasteiger partial charge on any atom is 0.242 e. The highest BCUT2D eigenvalue weighted by atomic mass is 35.5. The molecular weight excluding hydrogens is 306 g/mol. The minimum Gasteiger partial charge on any atom is -0.369 e. The van der Waals surface area contributed by atoms with Crippen molar-refractivity contribution in [3.63, 3.8) is 0 Å². The highest BCUT2D eigenvalue weighted by molar-refractivity contribution is 7.91. The zero-order chi connectivity index (χ0) is 14.8. The van der Waals surface area contributed by atoms with E-state index in [0.29, 0.717) is 10.6 Å². The Morgan fingerprint density at radius 3 is 2.55 bits per heavy atom. The molecule has 106 valence electrons. The Morgan fingerprint density at radius 2 is 1.95 bits per heavy atom. The number of halogens is 1. The standard InChI is InChI=1S/C11H10ClN3O4S/c12-8-3-1-7(2-4-8)11-14-10(19-15-11)6-20(17,18)5-9(13)16/h1-4H,5-6H2,(H2,13,16). The molecule has 0 aliphatic rings. The number of sulfone groups is 1. The van der Waals surface area contributed by atoms with Crippen LogP contribution >= 0.6 is 11.6 Å². The topological polar surface area (TPSA) is 116 Å². The van der Waals surface area contributed by atoms with Gasteiger partial charge in [0, 0.05) is 10.6 Å². The second-order valence-electron chi connectivity index (χ2n) is 4.02. The zero-order valence-corrected chi connectivity index (χ0v) is 11.7. The van der Waals surface area contributed by atoms with Crippen LogP contribution in [0.5, 0.6) is 0 Å². The molecule has 0 spiro atoms. The van der Waals surface area contributed by atoms with Crippen molar-refractivity contribution in [2.75, 3.05) is 5.75 Å². The zero-order valence-electron chi connectivity index (χ0n) is 10.1. The van der Waals surface area contributed by atoms with Crippen molar-refractivity contribution < 1.29 is 17.7 Å². The van der Waals surface area contributed by atoms with Crippen LogP contribution in [0.25, 0.3) is 11.4 Å². The Labute approximate surface area is 119 Å². The number of amides is 1. The normalized spacial score (nSPS) is 11.4. The quantitative estimate of drug-likeness (QED) is 0.872. The Balaban J connectivity index is 2.17. The SMILES string of the molecule is NC(=O)CS(=O)(=O)Cc1nc(-c2ccc(Cl)cc2)no1. The molecule has 20 heavy (non-hydrogen) atoms. The van der Waals surface area contributed by atoms with E-state index in [9.17, 15) is 13.2 Å². The number of carbonyl (C=O) groups is 1. The maximum absolute atomic E-state index is 11.6. The van der Waals surface area contributed by atoms with Gasteiger partial charge in [0.15, 0.2) is 9.84 Å². The summed E-state index contributed by atoms with van der Waals surface area (Å²) in [5, 5.41) is 4.23. The molecule has 0 unspecified atom stereocenters. The van der Waals surface area contributed by atoms with Gasteiger partial charge in [0.25, 0.3) is 0 Å².